The van der Waals surface area contributed by atoms with Gasteiger partial charge in [0, 0.05) is 0 Å². The monoisotopic (exact) mass is 234 g/mol. The van der Waals surface area contributed by atoms with E-state index in [-0.39, 0.29) is 37.6 Å². The average Bonchev–Trinajstić information content (AvgIpc) is 1.98. The molecule has 0 bridgehead atoms. The van der Waals surface area contributed by atoms with Crippen LogP contribution in [0.25, 0.3) is 0 Å². The van der Waals surface area contributed by atoms with Crippen LogP contribution in [-0.4, -0.2) is 16.4 Å². The summed E-state index contributed by atoms with van der Waals surface area (Å²) in [6.07, 6.45) is 4.42. The van der Waals surface area contributed by atoms with E-state index in [0.717, 1.165) is 12.8 Å². The second kappa shape index (κ2) is 13.8. The molecule has 0 aliphatic heterocycles. The first-order valence-corrected chi connectivity index (χ1v) is 5.78. The van der Waals surface area contributed by atoms with E-state index in [1.807, 2.05) is 13.8 Å². The summed E-state index contributed by atoms with van der Waals surface area (Å²) in [4.78, 5) is 16.4. The standard InChI is InChI=1S/C5H13O4P.C3H6.Na.H/c1-2-3-4-5-9-10(6,7)8;1-3-2;;/h2-5H2,1H3,(H2,6,7,8);3H,1H2,2H3;;/q;;+1;-1. The Kier molecular flexibility index (Phi) is 20.1. The van der Waals surface area contributed by atoms with Crippen LogP contribution in [0.1, 0.15) is 34.5 Å². The molecule has 0 heterocycles. The Hall–Kier alpha value is 0.850. The molecular weight excluding hydrogens is 214 g/mol. The van der Waals surface area contributed by atoms with Crippen LogP contribution in [0.3, 0.4) is 0 Å². The number of phosphoric acid groups is 1. The van der Waals surface area contributed by atoms with Gasteiger partial charge in [0.2, 0.25) is 0 Å². The summed E-state index contributed by atoms with van der Waals surface area (Å²) in [5, 5.41) is 0. The number of hydrogen-bond donors (Lipinski definition) is 2. The zero-order chi connectivity index (χ0) is 10.7. The van der Waals surface area contributed by atoms with Gasteiger partial charge < -0.3 is 11.2 Å². The summed E-state index contributed by atoms with van der Waals surface area (Å²) in [5.41, 5.74) is 0. The number of rotatable bonds is 5. The van der Waals surface area contributed by atoms with Crippen LogP contribution in [0.2, 0.25) is 0 Å². The number of phosphoric ester groups is 1. The van der Waals surface area contributed by atoms with E-state index in [0.29, 0.717) is 6.42 Å². The smallest absolute Gasteiger partial charge is 1.00 e. The van der Waals surface area contributed by atoms with Crippen molar-refractivity contribution in [3.63, 3.8) is 0 Å². The van der Waals surface area contributed by atoms with E-state index < -0.39 is 7.82 Å². The van der Waals surface area contributed by atoms with Crippen LogP contribution in [-0.2, 0) is 9.09 Å². The molecule has 0 fully saturated rings. The van der Waals surface area contributed by atoms with Crippen molar-refractivity contribution in [2.45, 2.75) is 33.1 Å². The number of unbranched alkanes of at least 4 members (excludes halogenated alkanes) is 2. The van der Waals surface area contributed by atoms with Gasteiger partial charge in [-0.1, -0.05) is 25.8 Å². The normalized spacial score (nSPS) is 9.43. The molecule has 14 heavy (non-hydrogen) atoms. The van der Waals surface area contributed by atoms with Crippen LogP contribution in [0, 0.1) is 0 Å². The molecule has 0 aromatic rings. The predicted molar refractivity (Wildman–Crippen MR) is 54.5 cm³/mol. The van der Waals surface area contributed by atoms with Gasteiger partial charge in [0.25, 0.3) is 0 Å². The second-order valence-electron chi connectivity index (χ2n) is 2.44. The second-order valence-corrected chi connectivity index (χ2v) is 3.68. The van der Waals surface area contributed by atoms with Crippen molar-refractivity contribution in [1.82, 2.24) is 0 Å². The van der Waals surface area contributed by atoms with E-state index in [2.05, 4.69) is 11.1 Å². The summed E-state index contributed by atoms with van der Waals surface area (Å²) in [6.45, 7) is 7.41. The minimum atomic E-state index is -4.21. The zero-order valence-corrected chi connectivity index (χ0v) is 12.2. The van der Waals surface area contributed by atoms with Crippen LogP contribution >= 0.6 is 7.82 Å². The molecule has 0 unspecified atom stereocenters. The molecule has 0 spiro atoms. The summed E-state index contributed by atoms with van der Waals surface area (Å²) < 4.78 is 14.3. The maximum absolute atomic E-state index is 10.1. The predicted octanol–water partition coefficient (Wildman–Crippen LogP) is -0.405. The van der Waals surface area contributed by atoms with Crippen LogP contribution in [0.5, 0.6) is 0 Å². The maximum Gasteiger partial charge on any atom is 1.00 e. The van der Waals surface area contributed by atoms with Crippen molar-refractivity contribution in [3.05, 3.63) is 12.7 Å². The fraction of sp³-hybridized carbons (Fsp3) is 0.750. The van der Waals surface area contributed by atoms with Gasteiger partial charge in [-0.25, -0.2) is 4.57 Å². The molecule has 0 amide bonds. The molecule has 0 saturated carbocycles. The quantitative estimate of drug-likeness (QED) is 0.294. The van der Waals surface area contributed by atoms with Gasteiger partial charge in [-0.3, -0.25) is 4.52 Å². The molecule has 6 heteroatoms. The van der Waals surface area contributed by atoms with E-state index in [4.69, 9.17) is 9.79 Å². The van der Waals surface area contributed by atoms with Gasteiger partial charge in [-0.15, -0.1) is 6.58 Å². The third-order valence-corrected chi connectivity index (χ3v) is 1.53. The molecule has 0 aliphatic carbocycles. The van der Waals surface area contributed by atoms with Gasteiger partial charge >= 0.3 is 37.4 Å². The Morgan fingerprint density at radius 3 is 2.21 bits per heavy atom. The number of hydrogen-bond acceptors (Lipinski definition) is 2. The van der Waals surface area contributed by atoms with Gasteiger partial charge in [0.1, 0.15) is 0 Å². The van der Waals surface area contributed by atoms with E-state index in [1.165, 1.54) is 0 Å². The first-order chi connectivity index (χ1) is 5.97. The molecule has 82 valence electrons. The van der Waals surface area contributed by atoms with Crippen molar-refractivity contribution >= 4 is 7.82 Å². The molecule has 4 nitrogen and oxygen atoms in total. The van der Waals surface area contributed by atoms with Crippen LogP contribution < -0.4 is 29.6 Å². The van der Waals surface area contributed by atoms with E-state index >= 15 is 0 Å². The Bertz CT molecular complexity index is 163. The molecular formula is C8H20NaO4P. The van der Waals surface area contributed by atoms with Crippen molar-refractivity contribution in [2.24, 2.45) is 0 Å². The molecule has 2 N–H and O–H groups in total. The summed E-state index contributed by atoms with van der Waals surface area (Å²) in [7, 11) is -4.21. The van der Waals surface area contributed by atoms with Crippen molar-refractivity contribution in [3.8, 4) is 0 Å². The van der Waals surface area contributed by atoms with Gasteiger partial charge in [0.05, 0.1) is 6.61 Å². The molecule has 0 aromatic heterocycles. The topological polar surface area (TPSA) is 66.8 Å². The molecule has 0 saturated heterocycles. The fourth-order valence-electron chi connectivity index (χ4n) is 0.536. The van der Waals surface area contributed by atoms with Crippen molar-refractivity contribution in [2.75, 3.05) is 6.61 Å². The van der Waals surface area contributed by atoms with Gasteiger partial charge in [0.15, 0.2) is 0 Å². The third-order valence-electron chi connectivity index (χ3n) is 1.01. The minimum absolute atomic E-state index is 0. The Balaban J connectivity index is -0.000000108. The van der Waals surface area contributed by atoms with Crippen LogP contribution in [0.15, 0.2) is 12.7 Å². The number of allylic oxidation sites excluding steroid dienone is 1. The molecule has 0 aromatic carbocycles. The fourth-order valence-corrected chi connectivity index (χ4v) is 0.902. The van der Waals surface area contributed by atoms with Crippen molar-refractivity contribution < 1.29 is 49.9 Å². The summed E-state index contributed by atoms with van der Waals surface area (Å²) in [6, 6.07) is 0. The Morgan fingerprint density at radius 1 is 1.50 bits per heavy atom. The molecule has 0 radical (unpaired) electrons. The third kappa shape index (κ3) is 29.3. The first-order valence-electron chi connectivity index (χ1n) is 4.25. The summed E-state index contributed by atoms with van der Waals surface area (Å²) >= 11 is 0. The minimum Gasteiger partial charge on any atom is -1.00 e. The SMILES string of the molecule is C=CC.CCCCCOP(=O)(O)O.[H-].[Na+]. The van der Waals surface area contributed by atoms with E-state index in [1.54, 1.807) is 6.08 Å². The maximum atomic E-state index is 10.1. The molecule has 0 aliphatic rings. The van der Waals surface area contributed by atoms with Gasteiger partial charge in [-0.2, -0.15) is 0 Å². The van der Waals surface area contributed by atoms with Crippen molar-refractivity contribution in [1.29, 1.82) is 0 Å². The average molecular weight is 234 g/mol. The molecule has 0 atom stereocenters. The van der Waals surface area contributed by atoms with Gasteiger partial charge in [-0.05, 0) is 13.3 Å². The van der Waals surface area contributed by atoms with E-state index in [9.17, 15) is 4.57 Å². The Morgan fingerprint density at radius 2 is 1.93 bits per heavy atom. The molecule has 0 rings (SSSR count). The largest absolute Gasteiger partial charge is 1.00 e. The Labute approximate surface area is 110 Å². The van der Waals surface area contributed by atoms with Crippen LogP contribution in [0.4, 0.5) is 0 Å². The zero-order valence-electron chi connectivity index (χ0n) is 10.3. The first kappa shape index (κ1) is 20.3. The summed E-state index contributed by atoms with van der Waals surface area (Å²) in [5.74, 6) is 0.